The molecule has 1 N–H and O–H groups in total. The number of rotatable bonds is 5. The average molecular weight is 250 g/mol. The largest absolute Gasteiger partial charge is 0.382 e. The Morgan fingerprint density at radius 2 is 1.94 bits per heavy atom. The second kappa shape index (κ2) is 6.61. The molecule has 100 valence electrons. The van der Waals surface area contributed by atoms with E-state index in [9.17, 15) is 0 Å². The Kier molecular flexibility index (Phi) is 4.84. The Hall–Kier alpha value is -1.26. The monoisotopic (exact) mass is 250 g/mol. The van der Waals surface area contributed by atoms with Crippen LogP contribution in [0.5, 0.6) is 0 Å². The third kappa shape index (κ3) is 3.62. The summed E-state index contributed by atoms with van der Waals surface area (Å²) < 4.78 is 10.6. The lowest BCUT2D eigenvalue weighted by Gasteiger charge is -2.29. The van der Waals surface area contributed by atoms with Gasteiger partial charge in [-0.15, -0.1) is 0 Å². The zero-order valence-electron chi connectivity index (χ0n) is 11.2. The minimum atomic E-state index is 0.226. The van der Waals surface area contributed by atoms with Crippen LogP contribution in [0.4, 0.5) is 11.4 Å². The Morgan fingerprint density at radius 3 is 2.56 bits per heavy atom. The number of hydrogen-bond acceptors (Lipinski definition) is 4. The molecule has 2 rings (SSSR count). The summed E-state index contributed by atoms with van der Waals surface area (Å²) in [5.74, 6) is 0. The number of methoxy groups -OCH3 is 1. The van der Waals surface area contributed by atoms with Gasteiger partial charge in [0.25, 0.3) is 0 Å². The molecular formula is C14H22N2O2. The van der Waals surface area contributed by atoms with Gasteiger partial charge in [0, 0.05) is 38.1 Å². The highest BCUT2D eigenvalue weighted by Gasteiger charge is 2.10. The van der Waals surface area contributed by atoms with Gasteiger partial charge in [0.1, 0.15) is 0 Å². The molecule has 1 aromatic carbocycles. The molecule has 1 unspecified atom stereocenters. The lowest BCUT2D eigenvalue weighted by Crippen LogP contribution is -2.36. The minimum Gasteiger partial charge on any atom is -0.382 e. The van der Waals surface area contributed by atoms with Crippen LogP contribution in [0.15, 0.2) is 24.3 Å². The fraction of sp³-hybridized carbons (Fsp3) is 0.571. The van der Waals surface area contributed by atoms with Gasteiger partial charge in [-0.1, -0.05) is 0 Å². The Labute approximate surface area is 109 Å². The Bertz CT molecular complexity index is 347. The van der Waals surface area contributed by atoms with Gasteiger partial charge in [-0.2, -0.15) is 0 Å². The van der Waals surface area contributed by atoms with E-state index in [0.29, 0.717) is 0 Å². The van der Waals surface area contributed by atoms with Crippen molar-refractivity contribution >= 4 is 11.4 Å². The summed E-state index contributed by atoms with van der Waals surface area (Å²) >= 11 is 0. The van der Waals surface area contributed by atoms with E-state index < -0.39 is 0 Å². The number of nitrogens with zero attached hydrogens (tertiary/aromatic N) is 1. The van der Waals surface area contributed by atoms with Gasteiger partial charge < -0.3 is 19.7 Å². The molecule has 1 aromatic rings. The number of ether oxygens (including phenoxy) is 2. The van der Waals surface area contributed by atoms with Crippen molar-refractivity contribution in [1.82, 2.24) is 0 Å². The summed E-state index contributed by atoms with van der Waals surface area (Å²) in [7, 11) is 1.73. The molecule has 4 heteroatoms. The molecule has 0 radical (unpaired) electrons. The Morgan fingerprint density at radius 1 is 1.28 bits per heavy atom. The van der Waals surface area contributed by atoms with Gasteiger partial charge in [0.15, 0.2) is 0 Å². The topological polar surface area (TPSA) is 33.7 Å². The van der Waals surface area contributed by atoms with Gasteiger partial charge in [0.2, 0.25) is 0 Å². The van der Waals surface area contributed by atoms with Crippen LogP contribution in [0, 0.1) is 0 Å². The first-order valence-corrected chi connectivity index (χ1v) is 6.49. The number of nitrogens with one attached hydrogen (secondary N) is 1. The van der Waals surface area contributed by atoms with Crippen molar-refractivity contribution in [3.05, 3.63) is 24.3 Å². The highest BCUT2D eigenvalue weighted by Crippen LogP contribution is 2.18. The summed E-state index contributed by atoms with van der Waals surface area (Å²) in [5.41, 5.74) is 2.40. The highest BCUT2D eigenvalue weighted by molar-refractivity contribution is 5.55. The van der Waals surface area contributed by atoms with Crippen molar-refractivity contribution in [2.45, 2.75) is 13.0 Å². The normalized spacial score (nSPS) is 17.6. The smallest absolute Gasteiger partial charge is 0.0715 e. The molecule has 18 heavy (non-hydrogen) atoms. The lowest BCUT2D eigenvalue weighted by atomic mass is 10.2. The first kappa shape index (κ1) is 13.2. The summed E-state index contributed by atoms with van der Waals surface area (Å²) in [6.45, 7) is 6.49. The molecular weight excluding hydrogens is 228 g/mol. The molecule has 1 atom stereocenters. The predicted octanol–water partition coefficient (Wildman–Crippen LogP) is 1.97. The molecule has 0 saturated carbocycles. The van der Waals surface area contributed by atoms with Gasteiger partial charge in [-0.25, -0.2) is 0 Å². The number of morpholine rings is 1. The summed E-state index contributed by atoms with van der Waals surface area (Å²) in [4.78, 5) is 2.35. The van der Waals surface area contributed by atoms with E-state index in [1.165, 1.54) is 5.69 Å². The van der Waals surface area contributed by atoms with E-state index in [-0.39, 0.29) is 6.10 Å². The van der Waals surface area contributed by atoms with Gasteiger partial charge in [-0.3, -0.25) is 0 Å². The number of hydrogen-bond donors (Lipinski definition) is 1. The molecule has 0 bridgehead atoms. The van der Waals surface area contributed by atoms with Crippen LogP contribution in [0.2, 0.25) is 0 Å². The zero-order valence-corrected chi connectivity index (χ0v) is 11.2. The van der Waals surface area contributed by atoms with Crippen molar-refractivity contribution in [1.29, 1.82) is 0 Å². The van der Waals surface area contributed by atoms with E-state index in [1.54, 1.807) is 7.11 Å². The maximum absolute atomic E-state index is 5.35. The van der Waals surface area contributed by atoms with E-state index >= 15 is 0 Å². The van der Waals surface area contributed by atoms with Crippen LogP contribution in [-0.4, -0.2) is 46.1 Å². The van der Waals surface area contributed by atoms with Crippen molar-refractivity contribution < 1.29 is 9.47 Å². The SMILES string of the molecule is COC(C)CNc1ccc(N2CCOCC2)cc1. The first-order chi connectivity index (χ1) is 8.79. The van der Waals surface area contributed by atoms with E-state index in [4.69, 9.17) is 9.47 Å². The molecule has 1 saturated heterocycles. The van der Waals surface area contributed by atoms with E-state index in [1.807, 2.05) is 0 Å². The molecule has 4 nitrogen and oxygen atoms in total. The molecule has 0 amide bonds. The van der Waals surface area contributed by atoms with Crippen LogP contribution in [0.1, 0.15) is 6.92 Å². The van der Waals surface area contributed by atoms with Crippen molar-refractivity contribution in [2.75, 3.05) is 50.2 Å². The average Bonchev–Trinajstić information content (AvgIpc) is 2.46. The fourth-order valence-electron chi connectivity index (χ4n) is 1.96. The highest BCUT2D eigenvalue weighted by atomic mass is 16.5. The molecule has 0 aliphatic carbocycles. The zero-order chi connectivity index (χ0) is 12.8. The first-order valence-electron chi connectivity index (χ1n) is 6.49. The quantitative estimate of drug-likeness (QED) is 0.866. The maximum atomic E-state index is 5.35. The second-order valence-electron chi connectivity index (χ2n) is 4.57. The van der Waals surface area contributed by atoms with E-state index in [2.05, 4.69) is 41.4 Å². The van der Waals surface area contributed by atoms with Crippen molar-refractivity contribution in [3.8, 4) is 0 Å². The van der Waals surface area contributed by atoms with E-state index in [0.717, 1.165) is 38.5 Å². The van der Waals surface area contributed by atoms with Crippen LogP contribution >= 0.6 is 0 Å². The lowest BCUT2D eigenvalue weighted by molar-refractivity contribution is 0.122. The summed E-state index contributed by atoms with van der Waals surface area (Å²) in [5, 5.41) is 3.36. The standard InChI is InChI=1S/C14H22N2O2/c1-12(17-2)11-15-13-3-5-14(6-4-13)16-7-9-18-10-8-16/h3-6,12,15H,7-11H2,1-2H3. The van der Waals surface area contributed by atoms with Crippen molar-refractivity contribution in [3.63, 3.8) is 0 Å². The van der Waals surface area contributed by atoms with Gasteiger partial charge >= 0.3 is 0 Å². The molecule has 0 spiro atoms. The van der Waals surface area contributed by atoms with Crippen molar-refractivity contribution in [2.24, 2.45) is 0 Å². The molecule has 1 fully saturated rings. The van der Waals surface area contributed by atoms with Crippen LogP contribution in [0.25, 0.3) is 0 Å². The van der Waals surface area contributed by atoms with Gasteiger partial charge in [0.05, 0.1) is 19.3 Å². The molecule has 1 aliphatic heterocycles. The maximum Gasteiger partial charge on any atom is 0.0715 e. The second-order valence-corrected chi connectivity index (χ2v) is 4.57. The molecule has 1 heterocycles. The predicted molar refractivity (Wildman–Crippen MR) is 74.4 cm³/mol. The number of anilines is 2. The van der Waals surface area contributed by atoms with Crippen LogP contribution in [0.3, 0.4) is 0 Å². The molecule has 1 aliphatic rings. The fourth-order valence-corrected chi connectivity index (χ4v) is 1.96. The van der Waals surface area contributed by atoms with Crippen LogP contribution < -0.4 is 10.2 Å². The van der Waals surface area contributed by atoms with Crippen LogP contribution in [-0.2, 0) is 9.47 Å². The minimum absolute atomic E-state index is 0.226. The van der Waals surface area contributed by atoms with Gasteiger partial charge in [-0.05, 0) is 31.2 Å². The third-order valence-corrected chi connectivity index (χ3v) is 3.24. The number of benzene rings is 1. The summed E-state index contributed by atoms with van der Waals surface area (Å²) in [6.07, 6.45) is 0.226. The molecule has 0 aromatic heterocycles. The third-order valence-electron chi connectivity index (χ3n) is 3.24. The summed E-state index contributed by atoms with van der Waals surface area (Å²) in [6, 6.07) is 8.55. The Balaban J connectivity index is 1.88.